The fraction of sp³-hybridized carbons (Fsp3) is 0.350. The van der Waals surface area contributed by atoms with Gasteiger partial charge in [0.05, 0.1) is 17.2 Å². The van der Waals surface area contributed by atoms with Crippen molar-refractivity contribution in [3.05, 3.63) is 53.2 Å². The number of aromatic nitrogens is 2. The maximum Gasteiger partial charge on any atom is 0.233 e. The second-order valence-electron chi connectivity index (χ2n) is 6.92. The van der Waals surface area contributed by atoms with Gasteiger partial charge in [-0.1, -0.05) is 37.2 Å². The lowest BCUT2D eigenvalue weighted by Crippen LogP contribution is -2.49. The van der Waals surface area contributed by atoms with E-state index >= 15 is 0 Å². The quantitative estimate of drug-likeness (QED) is 0.573. The third kappa shape index (κ3) is 4.25. The molecule has 0 aliphatic carbocycles. The van der Waals surface area contributed by atoms with E-state index in [1.165, 1.54) is 4.90 Å². The Bertz CT molecular complexity index is 898. The van der Waals surface area contributed by atoms with Gasteiger partial charge in [0.2, 0.25) is 17.6 Å². The van der Waals surface area contributed by atoms with Crippen LogP contribution in [0.25, 0.3) is 10.7 Å². The molecule has 1 amide bonds. The molecule has 1 saturated heterocycles. The summed E-state index contributed by atoms with van der Waals surface area (Å²) >= 11 is 3.42. The molecule has 4 rings (SSSR count). The monoisotopic (exact) mass is 399 g/mol. The maximum atomic E-state index is 12.5. The molecular formula is C20H21N3O2S2. The van der Waals surface area contributed by atoms with Crippen LogP contribution >= 0.6 is 23.1 Å². The molecule has 140 valence electrons. The molecule has 0 N–H and O–H groups in total. The zero-order valence-corrected chi connectivity index (χ0v) is 16.9. The predicted molar refractivity (Wildman–Crippen MR) is 108 cm³/mol. The van der Waals surface area contributed by atoms with Crippen molar-refractivity contribution in [1.29, 1.82) is 0 Å². The van der Waals surface area contributed by atoms with E-state index in [1.54, 1.807) is 11.3 Å². The van der Waals surface area contributed by atoms with Gasteiger partial charge in [0.25, 0.3) is 0 Å². The summed E-state index contributed by atoms with van der Waals surface area (Å²) in [5.74, 6) is 1.54. The number of nitrogens with zero attached hydrogens (tertiary/aromatic N) is 3. The van der Waals surface area contributed by atoms with Crippen molar-refractivity contribution in [3.8, 4) is 10.7 Å². The first-order valence-electron chi connectivity index (χ1n) is 8.99. The summed E-state index contributed by atoms with van der Waals surface area (Å²) in [5.41, 5.74) is 1.05. The van der Waals surface area contributed by atoms with Gasteiger partial charge in [-0.3, -0.25) is 4.79 Å². The van der Waals surface area contributed by atoms with E-state index in [1.807, 2.05) is 46.3 Å². The minimum absolute atomic E-state index is 0.139. The smallest absolute Gasteiger partial charge is 0.233 e. The van der Waals surface area contributed by atoms with E-state index in [4.69, 9.17) is 4.52 Å². The minimum Gasteiger partial charge on any atom is -0.341 e. The summed E-state index contributed by atoms with van der Waals surface area (Å²) in [7, 11) is 0. The number of amides is 1. The first-order chi connectivity index (χ1) is 13.1. The van der Waals surface area contributed by atoms with Crippen LogP contribution in [-0.2, 0) is 11.2 Å². The summed E-state index contributed by atoms with van der Waals surface area (Å²) in [4.78, 5) is 21.1. The Balaban J connectivity index is 1.30. The second kappa shape index (κ2) is 7.86. The van der Waals surface area contributed by atoms with E-state index < -0.39 is 0 Å². The first kappa shape index (κ1) is 18.3. The third-order valence-electron chi connectivity index (χ3n) is 4.42. The lowest BCUT2D eigenvalue weighted by Gasteiger charge is -2.37. The van der Waals surface area contributed by atoms with Crippen molar-refractivity contribution < 1.29 is 9.32 Å². The van der Waals surface area contributed by atoms with Crippen LogP contribution < -0.4 is 0 Å². The Morgan fingerprint density at radius 3 is 2.74 bits per heavy atom. The number of hydrogen-bond donors (Lipinski definition) is 0. The predicted octanol–water partition coefficient (Wildman–Crippen LogP) is 4.47. The number of hydrogen-bond acceptors (Lipinski definition) is 6. The van der Waals surface area contributed by atoms with Crippen molar-refractivity contribution in [1.82, 2.24) is 15.0 Å². The molecule has 0 unspecified atom stereocenters. The van der Waals surface area contributed by atoms with E-state index in [9.17, 15) is 4.79 Å². The van der Waals surface area contributed by atoms with Gasteiger partial charge in [0, 0.05) is 23.2 Å². The molecule has 5 nitrogen and oxygen atoms in total. The largest absolute Gasteiger partial charge is 0.341 e. The number of rotatable bonds is 6. The fourth-order valence-electron chi connectivity index (χ4n) is 2.99. The van der Waals surface area contributed by atoms with E-state index in [0.29, 0.717) is 36.5 Å². The lowest BCUT2D eigenvalue weighted by molar-refractivity contribution is -0.135. The van der Waals surface area contributed by atoms with Crippen LogP contribution in [0.15, 0.2) is 51.2 Å². The second-order valence-corrected chi connectivity index (χ2v) is 9.51. The van der Waals surface area contributed by atoms with E-state index in [0.717, 1.165) is 10.4 Å². The van der Waals surface area contributed by atoms with Crippen molar-refractivity contribution >= 4 is 29.0 Å². The van der Waals surface area contributed by atoms with Gasteiger partial charge in [-0.2, -0.15) is 4.98 Å². The molecule has 3 aromatic rings. The van der Waals surface area contributed by atoms with Crippen LogP contribution in [0.2, 0.25) is 0 Å². The summed E-state index contributed by atoms with van der Waals surface area (Å²) in [6, 6.07) is 12.2. The molecule has 1 aromatic carbocycles. The minimum atomic E-state index is 0.139. The van der Waals surface area contributed by atoms with Gasteiger partial charge in [-0.25, -0.2) is 0 Å². The number of carbonyl (C=O) groups excluding carboxylic acids is 1. The molecular weight excluding hydrogens is 378 g/mol. The van der Waals surface area contributed by atoms with Crippen LogP contribution in [0.4, 0.5) is 0 Å². The fourth-order valence-corrected chi connectivity index (χ4v) is 4.48. The normalized spacial score (nSPS) is 14.6. The Kier molecular flexibility index (Phi) is 5.31. The zero-order valence-electron chi connectivity index (χ0n) is 15.3. The Morgan fingerprint density at radius 1 is 1.30 bits per heavy atom. The Morgan fingerprint density at radius 2 is 2.07 bits per heavy atom. The van der Waals surface area contributed by atoms with Crippen molar-refractivity contribution in [2.45, 2.75) is 36.3 Å². The van der Waals surface area contributed by atoms with Crippen LogP contribution in [0.5, 0.6) is 0 Å². The van der Waals surface area contributed by atoms with Gasteiger partial charge >= 0.3 is 0 Å². The average Bonchev–Trinajstić information content (AvgIpc) is 3.26. The molecule has 7 heteroatoms. The van der Waals surface area contributed by atoms with Gasteiger partial charge < -0.3 is 9.42 Å². The summed E-state index contributed by atoms with van der Waals surface area (Å²) in [6.45, 7) is 5.64. The van der Waals surface area contributed by atoms with Crippen LogP contribution in [0.3, 0.4) is 0 Å². The highest BCUT2D eigenvalue weighted by atomic mass is 32.2. The summed E-state index contributed by atoms with van der Waals surface area (Å²) < 4.78 is 5.39. The molecule has 0 radical (unpaired) electrons. The van der Waals surface area contributed by atoms with Crippen LogP contribution in [-0.4, -0.2) is 39.3 Å². The van der Waals surface area contributed by atoms with Crippen LogP contribution in [0.1, 0.15) is 31.2 Å². The van der Waals surface area contributed by atoms with Crippen molar-refractivity contribution in [2.75, 3.05) is 13.1 Å². The number of likely N-dealkylation sites (tertiary alicyclic amines) is 1. The molecule has 0 spiro atoms. The molecule has 0 atom stereocenters. The molecule has 1 aliphatic rings. The third-order valence-corrected chi connectivity index (χ3v) is 6.30. The van der Waals surface area contributed by atoms with E-state index in [2.05, 4.69) is 36.1 Å². The maximum absolute atomic E-state index is 12.5. The zero-order chi connectivity index (χ0) is 18.8. The summed E-state index contributed by atoms with van der Waals surface area (Å²) in [5, 5.41) is 6.59. The van der Waals surface area contributed by atoms with Crippen molar-refractivity contribution in [2.24, 2.45) is 0 Å². The number of benzene rings is 1. The topological polar surface area (TPSA) is 59.2 Å². The van der Waals surface area contributed by atoms with Crippen LogP contribution in [0, 0.1) is 0 Å². The van der Waals surface area contributed by atoms with Gasteiger partial charge in [0.1, 0.15) is 0 Å². The molecule has 27 heavy (non-hydrogen) atoms. The Labute approximate surface area is 166 Å². The SMILES string of the molecule is CC(C)Sc1ccc(CC(=O)N2CC(c3nc(-c4cccs4)no3)C2)cc1. The molecule has 1 fully saturated rings. The first-order valence-corrected chi connectivity index (χ1v) is 10.8. The highest BCUT2D eigenvalue weighted by molar-refractivity contribution is 7.99. The molecule has 3 heterocycles. The Hall–Kier alpha value is -2.12. The molecule has 2 aromatic heterocycles. The standard InChI is InChI=1S/C20H21N3O2S2/c1-13(2)27-16-7-5-14(6-8-16)10-18(24)23-11-15(12-23)20-21-19(22-25-20)17-4-3-9-26-17/h3-9,13,15H,10-12H2,1-2H3. The summed E-state index contributed by atoms with van der Waals surface area (Å²) in [6.07, 6.45) is 0.434. The van der Waals surface area contributed by atoms with Gasteiger partial charge in [-0.15, -0.1) is 23.1 Å². The molecule has 0 bridgehead atoms. The van der Waals surface area contributed by atoms with Crippen molar-refractivity contribution in [3.63, 3.8) is 0 Å². The number of thioether (sulfide) groups is 1. The highest BCUT2D eigenvalue weighted by Crippen LogP contribution is 2.29. The highest BCUT2D eigenvalue weighted by Gasteiger charge is 2.35. The van der Waals surface area contributed by atoms with Gasteiger partial charge in [0.15, 0.2) is 0 Å². The number of thiophene rings is 1. The van der Waals surface area contributed by atoms with E-state index in [-0.39, 0.29) is 11.8 Å². The van der Waals surface area contributed by atoms with Gasteiger partial charge in [-0.05, 0) is 29.1 Å². The average molecular weight is 400 g/mol. The molecule has 0 saturated carbocycles. The number of carbonyl (C=O) groups is 1. The molecule has 1 aliphatic heterocycles. The lowest BCUT2D eigenvalue weighted by atomic mass is 9.99.